The van der Waals surface area contributed by atoms with Gasteiger partial charge in [-0.3, -0.25) is 0 Å². The minimum Gasteiger partial charge on any atom is -0.490 e. The molecule has 0 saturated heterocycles. The molecule has 0 spiro atoms. The molecule has 1 aliphatic carbocycles. The van der Waals surface area contributed by atoms with Gasteiger partial charge < -0.3 is 9.64 Å². The van der Waals surface area contributed by atoms with Crippen LogP contribution in [0.25, 0.3) is 0 Å². The van der Waals surface area contributed by atoms with Crippen molar-refractivity contribution in [2.24, 2.45) is 0 Å². The summed E-state index contributed by atoms with van der Waals surface area (Å²) in [5.41, 5.74) is -0.0480. The fraction of sp³-hybridized carbons (Fsp3) is 0.333. The van der Waals surface area contributed by atoms with Crippen molar-refractivity contribution in [1.29, 1.82) is 0 Å². The normalized spacial score (nSPS) is 14.5. The molecule has 32 heavy (non-hydrogen) atoms. The molecular weight excluding hydrogens is 435 g/mol. The molecule has 1 fully saturated rings. The maximum absolute atomic E-state index is 13.6. The van der Waals surface area contributed by atoms with Gasteiger partial charge in [-0.05, 0) is 69.0 Å². The van der Waals surface area contributed by atoms with Crippen molar-refractivity contribution in [2.75, 3.05) is 11.4 Å². The van der Waals surface area contributed by atoms with Gasteiger partial charge in [0.05, 0.1) is 6.10 Å². The third-order valence-electron chi connectivity index (χ3n) is 5.32. The Morgan fingerprint density at radius 2 is 1.72 bits per heavy atom. The molecule has 4 rings (SSSR count). The third-order valence-corrected chi connectivity index (χ3v) is 6.33. The summed E-state index contributed by atoms with van der Waals surface area (Å²) < 4.78 is 46.7. The molecule has 2 aromatic carbocycles. The third kappa shape index (κ3) is 5.35. The van der Waals surface area contributed by atoms with E-state index in [0.717, 1.165) is 42.2 Å². The van der Waals surface area contributed by atoms with Crippen molar-refractivity contribution in [3.05, 3.63) is 66.4 Å². The van der Waals surface area contributed by atoms with Gasteiger partial charge >= 0.3 is 6.18 Å². The number of anilines is 2. The van der Waals surface area contributed by atoms with E-state index in [4.69, 9.17) is 4.74 Å². The van der Waals surface area contributed by atoms with E-state index < -0.39 is 11.7 Å². The van der Waals surface area contributed by atoms with Gasteiger partial charge in [0.25, 0.3) is 0 Å². The number of benzene rings is 2. The van der Waals surface area contributed by atoms with Crippen LogP contribution in [0.5, 0.6) is 5.75 Å². The summed E-state index contributed by atoms with van der Waals surface area (Å²) in [7, 11) is 0. The summed E-state index contributed by atoms with van der Waals surface area (Å²) in [5, 5.41) is -0.117. The average Bonchev–Trinajstić information content (AvgIpc) is 3.29. The first-order chi connectivity index (χ1) is 15.4. The highest BCUT2D eigenvalue weighted by Crippen LogP contribution is 2.39. The minimum absolute atomic E-state index is 0.117. The van der Waals surface area contributed by atoms with Crippen molar-refractivity contribution in [3.63, 3.8) is 0 Å². The zero-order chi connectivity index (χ0) is 22.6. The molecule has 0 unspecified atom stereocenters. The van der Waals surface area contributed by atoms with Crippen LogP contribution in [0.2, 0.25) is 0 Å². The Hall–Kier alpha value is -2.74. The molecule has 4 nitrogen and oxygen atoms in total. The Morgan fingerprint density at radius 1 is 1.03 bits per heavy atom. The smallest absolute Gasteiger partial charge is 0.420 e. The van der Waals surface area contributed by atoms with E-state index in [1.54, 1.807) is 29.2 Å². The zero-order valence-electron chi connectivity index (χ0n) is 17.7. The highest BCUT2D eigenvalue weighted by molar-refractivity contribution is 7.99. The van der Waals surface area contributed by atoms with Crippen molar-refractivity contribution in [2.45, 2.75) is 54.8 Å². The number of alkyl halides is 3. The summed E-state index contributed by atoms with van der Waals surface area (Å²) in [5.74, 6) is 1.02. The van der Waals surface area contributed by atoms with E-state index in [9.17, 15) is 13.2 Å². The summed E-state index contributed by atoms with van der Waals surface area (Å²) in [4.78, 5) is 10.8. The Balaban J connectivity index is 1.61. The van der Waals surface area contributed by atoms with Crippen LogP contribution in [0, 0.1) is 0 Å². The monoisotopic (exact) mass is 459 g/mol. The lowest BCUT2D eigenvalue weighted by Gasteiger charge is -2.23. The number of hydrogen-bond donors (Lipinski definition) is 0. The molecule has 1 aromatic heterocycles. The summed E-state index contributed by atoms with van der Waals surface area (Å²) >= 11 is 0.981. The van der Waals surface area contributed by atoms with Crippen molar-refractivity contribution in [1.82, 2.24) is 9.97 Å². The maximum atomic E-state index is 13.6. The standard InChI is InChI=1S/C24H24F3N3OS/c1-2-30(17-12-14-19(15-13-17)31-18-8-6-7-9-18)23-28-16-21(24(25,26)27)22(29-23)32-20-10-4-3-5-11-20/h3-5,10-16,18H,2,6-9H2,1H3. The molecular formula is C24H24F3N3OS. The predicted octanol–water partition coefficient (Wildman–Crippen LogP) is 7.13. The van der Waals surface area contributed by atoms with Crippen LogP contribution in [0.3, 0.4) is 0 Å². The first-order valence-electron chi connectivity index (χ1n) is 10.7. The Kier molecular flexibility index (Phi) is 6.89. The Bertz CT molecular complexity index is 1020. The second-order valence-corrected chi connectivity index (χ2v) is 8.63. The number of nitrogens with zero attached hydrogens (tertiary/aromatic N) is 3. The lowest BCUT2D eigenvalue weighted by Crippen LogP contribution is -2.20. The van der Waals surface area contributed by atoms with Gasteiger partial charge in [0.15, 0.2) is 0 Å². The molecule has 0 aliphatic heterocycles. The van der Waals surface area contributed by atoms with E-state index in [-0.39, 0.29) is 17.1 Å². The summed E-state index contributed by atoms with van der Waals surface area (Å²) in [6, 6.07) is 16.5. The van der Waals surface area contributed by atoms with Gasteiger partial charge in [-0.25, -0.2) is 9.97 Å². The molecule has 1 aliphatic rings. The number of aromatic nitrogens is 2. The van der Waals surface area contributed by atoms with Gasteiger partial charge in [0.1, 0.15) is 16.3 Å². The maximum Gasteiger partial charge on any atom is 0.420 e. The van der Waals surface area contributed by atoms with Crippen LogP contribution in [0.4, 0.5) is 24.8 Å². The number of halogens is 3. The van der Waals surface area contributed by atoms with E-state index in [0.29, 0.717) is 11.4 Å². The topological polar surface area (TPSA) is 38.2 Å². The lowest BCUT2D eigenvalue weighted by atomic mass is 10.2. The quantitative estimate of drug-likeness (QED) is 0.352. The van der Waals surface area contributed by atoms with E-state index >= 15 is 0 Å². The van der Waals surface area contributed by atoms with Gasteiger partial charge in [-0.15, -0.1) is 0 Å². The Morgan fingerprint density at radius 3 is 2.34 bits per heavy atom. The first kappa shape index (κ1) is 22.5. The van der Waals surface area contributed by atoms with Crippen molar-refractivity contribution in [3.8, 4) is 5.75 Å². The highest BCUT2D eigenvalue weighted by atomic mass is 32.2. The van der Waals surface area contributed by atoms with Gasteiger partial charge in [0.2, 0.25) is 5.95 Å². The number of rotatable bonds is 7. The van der Waals surface area contributed by atoms with Gasteiger partial charge in [-0.2, -0.15) is 13.2 Å². The largest absolute Gasteiger partial charge is 0.490 e. The average molecular weight is 460 g/mol. The number of ether oxygens (including phenoxy) is 1. The Labute approximate surface area is 189 Å². The van der Waals surface area contributed by atoms with E-state index in [1.165, 1.54) is 12.8 Å². The van der Waals surface area contributed by atoms with Crippen LogP contribution in [-0.4, -0.2) is 22.6 Å². The predicted molar refractivity (Wildman–Crippen MR) is 120 cm³/mol. The number of hydrogen-bond acceptors (Lipinski definition) is 5. The molecule has 1 saturated carbocycles. The molecule has 0 bridgehead atoms. The molecule has 8 heteroatoms. The van der Waals surface area contributed by atoms with Crippen molar-refractivity contribution >= 4 is 23.4 Å². The first-order valence-corrected chi connectivity index (χ1v) is 11.5. The molecule has 0 N–H and O–H groups in total. The molecule has 3 aromatic rings. The molecule has 0 radical (unpaired) electrons. The summed E-state index contributed by atoms with van der Waals surface area (Å²) in [6.07, 6.45) is 1.13. The van der Waals surface area contributed by atoms with Gasteiger partial charge in [-0.1, -0.05) is 30.0 Å². The van der Waals surface area contributed by atoms with Crippen molar-refractivity contribution < 1.29 is 17.9 Å². The van der Waals surface area contributed by atoms with Crippen LogP contribution in [0.15, 0.2) is 70.7 Å². The van der Waals surface area contributed by atoms with E-state index in [2.05, 4.69) is 9.97 Å². The fourth-order valence-corrected chi connectivity index (χ4v) is 4.62. The fourth-order valence-electron chi connectivity index (χ4n) is 3.70. The van der Waals surface area contributed by atoms with Gasteiger partial charge in [0, 0.05) is 23.3 Å². The molecule has 0 atom stereocenters. The molecule has 0 amide bonds. The highest BCUT2D eigenvalue weighted by Gasteiger charge is 2.36. The summed E-state index contributed by atoms with van der Waals surface area (Å²) in [6.45, 7) is 2.41. The van der Waals surface area contributed by atoms with E-state index in [1.807, 2.05) is 37.3 Å². The van der Waals surface area contributed by atoms with Crippen LogP contribution >= 0.6 is 11.8 Å². The second-order valence-electron chi connectivity index (χ2n) is 7.56. The zero-order valence-corrected chi connectivity index (χ0v) is 18.5. The minimum atomic E-state index is -4.54. The second kappa shape index (κ2) is 9.81. The molecule has 168 valence electrons. The lowest BCUT2D eigenvalue weighted by molar-refractivity contribution is -0.140. The van der Waals surface area contributed by atoms with Crippen LogP contribution in [-0.2, 0) is 6.18 Å². The van der Waals surface area contributed by atoms with Crippen LogP contribution in [0.1, 0.15) is 38.2 Å². The van der Waals surface area contributed by atoms with Crippen LogP contribution < -0.4 is 9.64 Å². The SMILES string of the molecule is CCN(c1ccc(OC2CCCC2)cc1)c1ncc(C(F)(F)F)c(Sc2ccccc2)n1. The molecule has 1 heterocycles.